The summed E-state index contributed by atoms with van der Waals surface area (Å²) in [6, 6.07) is 1.79. The smallest absolute Gasteiger partial charge is 0.274 e. The van der Waals surface area contributed by atoms with E-state index in [-0.39, 0.29) is 24.0 Å². The highest BCUT2D eigenvalue weighted by Gasteiger charge is 2.45. The van der Waals surface area contributed by atoms with Gasteiger partial charge in [0.15, 0.2) is 5.43 Å². The van der Waals surface area contributed by atoms with Gasteiger partial charge in [-0.25, -0.2) is 13.2 Å². The fraction of sp³-hybridized carbons (Fsp3) is 0.320. The summed E-state index contributed by atoms with van der Waals surface area (Å²) in [5, 5.41) is 4.19. The minimum Gasteiger partial charge on any atom is -0.348 e. The van der Waals surface area contributed by atoms with Crippen LogP contribution in [0, 0.1) is 17.5 Å². The first kappa shape index (κ1) is 24.3. The third-order valence-corrected chi connectivity index (χ3v) is 6.78. The van der Waals surface area contributed by atoms with E-state index < -0.39 is 52.3 Å². The number of hydrogen-bond acceptors (Lipinski definition) is 4. The molecule has 1 aromatic carbocycles. The Hall–Kier alpha value is -3.82. The monoisotopic (exact) mass is 486 g/mol. The molecule has 1 unspecified atom stereocenters. The molecule has 2 aliphatic rings. The van der Waals surface area contributed by atoms with Crippen molar-refractivity contribution in [1.29, 1.82) is 0 Å². The summed E-state index contributed by atoms with van der Waals surface area (Å²) in [4.78, 5) is 40.4. The van der Waals surface area contributed by atoms with Crippen LogP contribution in [0.25, 0.3) is 0 Å². The molecule has 35 heavy (non-hydrogen) atoms. The molecule has 1 saturated carbocycles. The molecule has 1 aliphatic carbocycles. The molecule has 0 bridgehead atoms. The van der Waals surface area contributed by atoms with E-state index in [9.17, 15) is 27.6 Å². The van der Waals surface area contributed by atoms with Gasteiger partial charge in [0, 0.05) is 42.5 Å². The number of nitrogens with one attached hydrogen (secondary N) is 1. The molecule has 10 heteroatoms. The van der Waals surface area contributed by atoms with Crippen molar-refractivity contribution in [3.8, 4) is 0 Å². The molecule has 2 aromatic rings. The number of carbonyl (C=O) groups is 2. The molecule has 7 nitrogen and oxygen atoms in total. The number of aromatic nitrogens is 1. The largest absolute Gasteiger partial charge is 0.348 e. The SMILES string of the molecule is C=CC(C)N1CN(C2(C=C)CCC2)n2cc(C(=O)NCc3c(F)cc(F)cc3F)c(=O)cc2C1=O. The maximum absolute atomic E-state index is 13.9. The third kappa shape index (κ3) is 4.13. The number of hydrogen-bond donors (Lipinski definition) is 1. The zero-order chi connectivity index (χ0) is 25.5. The second-order valence-corrected chi connectivity index (χ2v) is 8.77. The van der Waals surface area contributed by atoms with Crippen molar-refractivity contribution in [2.24, 2.45) is 0 Å². The van der Waals surface area contributed by atoms with Crippen LogP contribution in [0.3, 0.4) is 0 Å². The van der Waals surface area contributed by atoms with E-state index in [1.807, 2.05) is 11.9 Å². The van der Waals surface area contributed by atoms with Crippen LogP contribution in [0.4, 0.5) is 13.2 Å². The van der Waals surface area contributed by atoms with Gasteiger partial charge in [0.05, 0.1) is 5.54 Å². The molecular formula is C25H25F3N4O3. The minimum absolute atomic E-state index is 0.0789. The van der Waals surface area contributed by atoms with Crippen molar-refractivity contribution in [1.82, 2.24) is 14.9 Å². The zero-order valence-electron chi connectivity index (χ0n) is 19.2. The van der Waals surface area contributed by atoms with Gasteiger partial charge in [-0.15, -0.1) is 13.2 Å². The van der Waals surface area contributed by atoms with Crippen LogP contribution in [0.2, 0.25) is 0 Å². The van der Waals surface area contributed by atoms with Crippen molar-refractivity contribution < 1.29 is 22.8 Å². The fourth-order valence-corrected chi connectivity index (χ4v) is 4.39. The number of fused-ring (bicyclic) bond motifs is 1. The molecule has 1 fully saturated rings. The number of benzene rings is 1. The van der Waals surface area contributed by atoms with Crippen molar-refractivity contribution in [3.05, 3.63) is 94.2 Å². The van der Waals surface area contributed by atoms with Crippen LogP contribution in [0.1, 0.15) is 52.6 Å². The van der Waals surface area contributed by atoms with Gasteiger partial charge in [-0.1, -0.05) is 12.2 Å². The van der Waals surface area contributed by atoms with Crippen molar-refractivity contribution in [3.63, 3.8) is 0 Å². The standard InChI is InChI=1S/C25H25F3N4O3/c1-4-15(3)30-14-32(25(5-2)7-6-8-25)31-13-18(22(33)11-21(31)24(30)35)23(34)29-12-17-19(27)9-16(26)10-20(17)28/h4-5,9-11,13,15H,1-2,6-8,12,14H2,3H3,(H,29,34). The molecule has 0 spiro atoms. The molecule has 0 radical (unpaired) electrons. The Balaban J connectivity index is 1.71. The lowest BCUT2D eigenvalue weighted by Gasteiger charge is -2.54. The summed E-state index contributed by atoms with van der Waals surface area (Å²) in [7, 11) is 0. The second-order valence-electron chi connectivity index (χ2n) is 8.77. The zero-order valence-corrected chi connectivity index (χ0v) is 19.2. The number of amides is 2. The van der Waals surface area contributed by atoms with Crippen LogP contribution in [-0.2, 0) is 6.54 Å². The first-order valence-electron chi connectivity index (χ1n) is 11.1. The van der Waals surface area contributed by atoms with Gasteiger partial charge in [-0.05, 0) is 26.2 Å². The fourth-order valence-electron chi connectivity index (χ4n) is 4.39. The predicted octanol–water partition coefficient (Wildman–Crippen LogP) is 3.23. The topological polar surface area (TPSA) is 74.7 Å². The first-order chi connectivity index (χ1) is 16.6. The molecule has 2 amide bonds. The minimum atomic E-state index is -1.16. The van der Waals surface area contributed by atoms with E-state index in [0.717, 1.165) is 25.3 Å². The number of rotatable bonds is 7. The molecule has 1 aliphatic heterocycles. The van der Waals surface area contributed by atoms with Gasteiger partial charge >= 0.3 is 0 Å². The Bertz CT molecular complexity index is 1260. The quantitative estimate of drug-likeness (QED) is 0.610. The van der Waals surface area contributed by atoms with E-state index in [1.165, 1.54) is 10.9 Å². The highest BCUT2D eigenvalue weighted by molar-refractivity contribution is 5.97. The molecule has 4 rings (SSSR count). The van der Waals surface area contributed by atoms with Crippen LogP contribution < -0.4 is 15.8 Å². The highest BCUT2D eigenvalue weighted by atomic mass is 19.1. The molecule has 2 heterocycles. The first-order valence-corrected chi connectivity index (χ1v) is 11.1. The average molecular weight is 486 g/mol. The maximum Gasteiger partial charge on any atom is 0.274 e. The number of nitrogens with zero attached hydrogens (tertiary/aromatic N) is 3. The Morgan fingerprint density at radius 1 is 1.17 bits per heavy atom. The summed E-state index contributed by atoms with van der Waals surface area (Å²) in [5.41, 5.74) is -1.97. The highest BCUT2D eigenvalue weighted by Crippen LogP contribution is 2.39. The Kier molecular flexibility index (Phi) is 6.31. The van der Waals surface area contributed by atoms with E-state index in [0.29, 0.717) is 12.1 Å². The van der Waals surface area contributed by atoms with E-state index in [4.69, 9.17) is 0 Å². The molecule has 0 saturated heterocycles. The number of carbonyl (C=O) groups excluding carboxylic acids is 2. The van der Waals surface area contributed by atoms with Crippen molar-refractivity contribution >= 4 is 11.8 Å². The summed E-state index contributed by atoms with van der Waals surface area (Å²) < 4.78 is 42.5. The van der Waals surface area contributed by atoms with E-state index in [1.54, 1.807) is 17.1 Å². The van der Waals surface area contributed by atoms with Crippen molar-refractivity contribution in [2.75, 3.05) is 11.7 Å². The maximum atomic E-state index is 13.9. The number of halogens is 3. The van der Waals surface area contributed by atoms with E-state index >= 15 is 0 Å². The molecule has 184 valence electrons. The summed E-state index contributed by atoms with van der Waals surface area (Å²) >= 11 is 0. The van der Waals surface area contributed by atoms with Crippen LogP contribution in [0.5, 0.6) is 0 Å². The molecule has 1 atom stereocenters. The second kappa shape index (κ2) is 9.09. The Morgan fingerprint density at radius 3 is 2.37 bits per heavy atom. The van der Waals surface area contributed by atoms with E-state index in [2.05, 4.69) is 18.5 Å². The van der Waals surface area contributed by atoms with Gasteiger partial charge in [0.1, 0.15) is 35.4 Å². The molecular weight excluding hydrogens is 461 g/mol. The average Bonchev–Trinajstić information content (AvgIpc) is 2.78. The van der Waals surface area contributed by atoms with Gasteiger partial charge in [-0.2, -0.15) is 0 Å². The van der Waals surface area contributed by atoms with Crippen molar-refractivity contribution in [2.45, 2.75) is 44.3 Å². The normalized spacial score (nSPS) is 17.3. The van der Waals surface area contributed by atoms with Gasteiger partial charge in [0.25, 0.3) is 11.8 Å². The summed E-state index contributed by atoms with van der Waals surface area (Å²) in [6.07, 6.45) is 7.19. The van der Waals surface area contributed by atoms with Gasteiger partial charge in [0.2, 0.25) is 0 Å². The molecule has 1 N–H and O–H groups in total. The van der Waals surface area contributed by atoms with Gasteiger partial charge in [-0.3, -0.25) is 24.1 Å². The predicted molar refractivity (Wildman–Crippen MR) is 124 cm³/mol. The summed E-state index contributed by atoms with van der Waals surface area (Å²) in [6.45, 7) is 9.11. The van der Waals surface area contributed by atoms with Crippen LogP contribution >= 0.6 is 0 Å². The lowest BCUT2D eigenvalue weighted by Crippen LogP contribution is -2.66. The third-order valence-electron chi connectivity index (χ3n) is 6.78. The van der Waals surface area contributed by atoms with Crippen LogP contribution in [0.15, 0.2) is 54.5 Å². The van der Waals surface area contributed by atoms with Gasteiger partial charge < -0.3 is 10.2 Å². The Labute approximate surface area is 200 Å². The lowest BCUT2D eigenvalue weighted by atomic mass is 9.76. The summed E-state index contributed by atoms with van der Waals surface area (Å²) in [5.74, 6) is -4.68. The molecule has 1 aromatic heterocycles. The lowest BCUT2D eigenvalue weighted by molar-refractivity contribution is 0.0597. The number of pyridine rings is 1. The Morgan fingerprint density at radius 2 is 1.83 bits per heavy atom. The van der Waals surface area contributed by atoms with Crippen LogP contribution in [-0.4, -0.2) is 39.6 Å².